The van der Waals surface area contributed by atoms with Crippen molar-refractivity contribution in [2.24, 2.45) is 10.8 Å². The molecule has 0 aromatic heterocycles. The third-order valence-corrected chi connectivity index (χ3v) is 7.16. The topological polar surface area (TPSA) is 69.7 Å². The van der Waals surface area contributed by atoms with Gasteiger partial charge in [0.05, 0.1) is 5.41 Å². The van der Waals surface area contributed by atoms with Gasteiger partial charge in [0.1, 0.15) is 11.5 Å². The Labute approximate surface area is 193 Å². The van der Waals surface area contributed by atoms with E-state index in [4.69, 9.17) is 9.47 Å². The smallest absolute Gasteiger partial charge is 0.330 e. The molecule has 0 unspecified atom stereocenters. The number of carbonyl (C=O) groups is 3. The molecular weight excluding hydrogens is 472 g/mol. The van der Waals surface area contributed by atoms with Gasteiger partial charge in [0, 0.05) is 21.5 Å². The molecule has 1 aliphatic heterocycles. The Bertz CT molecular complexity index is 1260. The van der Waals surface area contributed by atoms with Crippen LogP contribution in [0.2, 0.25) is 0 Å². The van der Waals surface area contributed by atoms with Crippen LogP contribution in [0, 0.1) is 17.8 Å². The Hall–Kier alpha value is -3.25. The Kier molecular flexibility index (Phi) is 4.60. The highest BCUT2D eigenvalue weighted by molar-refractivity contribution is 9.10. The molecule has 6 heteroatoms. The summed E-state index contributed by atoms with van der Waals surface area (Å²) < 4.78 is 12.0. The number of esters is 2. The summed E-state index contributed by atoms with van der Waals surface area (Å²) in [6.45, 7) is 3.59. The largest absolute Gasteiger partial charge is 0.426 e. The van der Waals surface area contributed by atoms with Crippen molar-refractivity contribution in [2.45, 2.75) is 19.8 Å². The number of carbonyl (C=O) groups excluding carboxylic acids is 3. The summed E-state index contributed by atoms with van der Waals surface area (Å²) in [5.41, 5.74) is -0.986. The number of Topliss-reactive ketones (excluding diaryl/α,β-unsaturated/α-hetero) is 1. The summed E-state index contributed by atoms with van der Waals surface area (Å²) in [7, 11) is 0. The first-order chi connectivity index (χ1) is 15.3. The molecule has 1 heterocycles. The van der Waals surface area contributed by atoms with Crippen molar-refractivity contribution in [1.29, 1.82) is 0 Å². The van der Waals surface area contributed by atoms with E-state index in [0.29, 0.717) is 16.9 Å². The summed E-state index contributed by atoms with van der Waals surface area (Å²) in [5, 5.41) is 0. The van der Waals surface area contributed by atoms with Gasteiger partial charge in [-0.15, -0.1) is 0 Å². The van der Waals surface area contributed by atoms with Crippen LogP contribution in [0.25, 0.3) is 0 Å². The second-order valence-corrected chi connectivity index (χ2v) is 9.32. The number of halogens is 1. The molecule has 1 saturated carbocycles. The zero-order valence-corrected chi connectivity index (χ0v) is 19.0. The lowest BCUT2D eigenvalue weighted by atomic mass is 9.86. The summed E-state index contributed by atoms with van der Waals surface area (Å²) in [6, 6.07) is 20.8. The van der Waals surface area contributed by atoms with Gasteiger partial charge < -0.3 is 9.47 Å². The van der Waals surface area contributed by atoms with Crippen LogP contribution in [0.4, 0.5) is 0 Å². The Morgan fingerprint density at radius 1 is 0.969 bits per heavy atom. The molecule has 3 aromatic carbocycles. The van der Waals surface area contributed by atoms with Crippen LogP contribution in [0.3, 0.4) is 0 Å². The molecule has 0 saturated heterocycles. The van der Waals surface area contributed by atoms with Crippen LogP contribution >= 0.6 is 15.9 Å². The molecule has 1 fully saturated rings. The predicted molar refractivity (Wildman–Crippen MR) is 121 cm³/mol. The summed E-state index contributed by atoms with van der Waals surface area (Å²) in [4.78, 5) is 40.6. The quantitative estimate of drug-likeness (QED) is 0.216. The minimum absolute atomic E-state index is 0.287. The summed E-state index contributed by atoms with van der Waals surface area (Å²) in [6.07, 6.45) is 0. The number of fused-ring (bicyclic) bond motifs is 3. The van der Waals surface area contributed by atoms with Crippen molar-refractivity contribution in [3.8, 4) is 11.5 Å². The van der Waals surface area contributed by atoms with Gasteiger partial charge in [-0.05, 0) is 44.2 Å². The van der Waals surface area contributed by atoms with Crippen molar-refractivity contribution in [2.75, 3.05) is 0 Å². The van der Waals surface area contributed by atoms with Crippen LogP contribution in [-0.4, -0.2) is 17.7 Å². The van der Waals surface area contributed by atoms with E-state index in [1.54, 1.807) is 67.6 Å². The van der Waals surface area contributed by atoms with Crippen molar-refractivity contribution in [3.05, 3.63) is 94.0 Å². The molecule has 3 aromatic rings. The highest BCUT2D eigenvalue weighted by Crippen LogP contribution is 2.78. The lowest BCUT2D eigenvalue weighted by molar-refractivity contribution is -0.156. The van der Waals surface area contributed by atoms with Crippen molar-refractivity contribution in [1.82, 2.24) is 0 Å². The molecule has 1 aliphatic carbocycles. The molecule has 32 heavy (non-hydrogen) atoms. The number of hydrogen-bond acceptors (Lipinski definition) is 5. The fraction of sp³-hybridized carbons (Fsp3) is 0.192. The second kappa shape index (κ2) is 7.14. The van der Waals surface area contributed by atoms with Crippen LogP contribution < -0.4 is 9.47 Å². The average molecular weight is 491 g/mol. The van der Waals surface area contributed by atoms with Gasteiger partial charge in [-0.2, -0.15) is 0 Å². The number of benzene rings is 3. The monoisotopic (exact) mass is 490 g/mol. The first kappa shape index (κ1) is 20.6. The number of ether oxygens (including phenoxy) is 2. The van der Waals surface area contributed by atoms with Gasteiger partial charge in [-0.25, -0.2) is 0 Å². The van der Waals surface area contributed by atoms with Gasteiger partial charge >= 0.3 is 11.9 Å². The molecule has 160 valence electrons. The maximum atomic E-state index is 13.7. The molecule has 0 radical (unpaired) electrons. The van der Waals surface area contributed by atoms with E-state index in [-0.39, 0.29) is 11.5 Å². The molecule has 0 N–H and O–H groups in total. The SMILES string of the molecule is Cc1ccc(C(=O)[C@]2(C)[C@@H]3c4ccccc4OC(=O)[C@]32C(=O)Oc2ccc(Br)cc2)cc1. The zero-order valence-electron chi connectivity index (χ0n) is 17.4. The highest BCUT2D eigenvalue weighted by atomic mass is 79.9. The van der Waals surface area contributed by atoms with E-state index in [1.165, 1.54) is 0 Å². The van der Waals surface area contributed by atoms with Gasteiger partial charge in [0.25, 0.3) is 0 Å². The lowest BCUT2D eigenvalue weighted by Crippen LogP contribution is -2.41. The molecule has 0 bridgehead atoms. The number of para-hydroxylation sites is 1. The third kappa shape index (κ3) is 2.72. The van der Waals surface area contributed by atoms with E-state index in [1.807, 2.05) is 19.1 Å². The average Bonchev–Trinajstić information content (AvgIpc) is 3.39. The molecule has 2 aliphatic rings. The second-order valence-electron chi connectivity index (χ2n) is 8.41. The summed E-state index contributed by atoms with van der Waals surface area (Å²) in [5.74, 6) is -1.85. The van der Waals surface area contributed by atoms with Crippen molar-refractivity contribution in [3.63, 3.8) is 0 Å². The molecule has 5 nitrogen and oxygen atoms in total. The van der Waals surface area contributed by atoms with E-state index in [2.05, 4.69) is 15.9 Å². The molecule has 3 atom stereocenters. The maximum Gasteiger partial charge on any atom is 0.330 e. The fourth-order valence-corrected chi connectivity index (χ4v) is 5.17. The molecular formula is C26H19BrO5. The molecule has 0 amide bonds. The van der Waals surface area contributed by atoms with E-state index in [0.717, 1.165) is 10.0 Å². The Morgan fingerprint density at radius 3 is 2.31 bits per heavy atom. The van der Waals surface area contributed by atoms with E-state index in [9.17, 15) is 14.4 Å². The predicted octanol–water partition coefficient (Wildman–Crippen LogP) is 5.25. The van der Waals surface area contributed by atoms with Gasteiger partial charge in [0.15, 0.2) is 11.2 Å². The fourth-order valence-electron chi connectivity index (χ4n) is 4.90. The number of ketones is 1. The van der Waals surface area contributed by atoms with Crippen LogP contribution in [0.15, 0.2) is 77.3 Å². The number of aryl methyl sites for hydroxylation is 1. The maximum absolute atomic E-state index is 13.7. The minimum atomic E-state index is -1.75. The molecule has 0 spiro atoms. The third-order valence-electron chi connectivity index (χ3n) is 6.63. The zero-order chi connectivity index (χ0) is 22.7. The van der Waals surface area contributed by atoms with Gasteiger partial charge in [-0.3, -0.25) is 14.4 Å². The van der Waals surface area contributed by atoms with E-state index < -0.39 is 28.7 Å². The van der Waals surface area contributed by atoms with Crippen LogP contribution in [0.1, 0.15) is 34.3 Å². The minimum Gasteiger partial charge on any atom is -0.426 e. The Morgan fingerprint density at radius 2 is 1.62 bits per heavy atom. The van der Waals surface area contributed by atoms with E-state index >= 15 is 0 Å². The standard InChI is InChI=1S/C26H19BrO5/c1-15-7-9-16(10-8-15)22(28)25(2)21-19-5-3-4-6-20(19)32-24(30)26(21,25)23(29)31-18-13-11-17(27)12-14-18/h3-14,21H,1-2H3/t21-,25-,26+/m0/s1. The van der Waals surface area contributed by atoms with Gasteiger partial charge in [0.2, 0.25) is 0 Å². The highest BCUT2D eigenvalue weighted by Gasteiger charge is 2.89. The van der Waals surface area contributed by atoms with Crippen molar-refractivity contribution < 1.29 is 23.9 Å². The Balaban J connectivity index is 1.62. The molecule has 5 rings (SSSR count). The lowest BCUT2D eigenvalue weighted by Gasteiger charge is -2.22. The van der Waals surface area contributed by atoms with Gasteiger partial charge in [-0.1, -0.05) is 64.0 Å². The summed E-state index contributed by atoms with van der Waals surface area (Å²) >= 11 is 3.34. The normalized spacial score (nSPS) is 25.2. The number of rotatable bonds is 4. The first-order valence-electron chi connectivity index (χ1n) is 10.2. The van der Waals surface area contributed by atoms with Crippen LogP contribution in [0.5, 0.6) is 11.5 Å². The van der Waals surface area contributed by atoms with Crippen LogP contribution in [-0.2, 0) is 9.59 Å². The van der Waals surface area contributed by atoms with Crippen molar-refractivity contribution >= 4 is 33.7 Å². The first-order valence-corrected chi connectivity index (χ1v) is 11.0. The number of hydrogen-bond donors (Lipinski definition) is 0.